The van der Waals surface area contributed by atoms with Crippen molar-refractivity contribution in [2.24, 2.45) is 5.41 Å². The molecule has 1 aromatic carbocycles. The second-order valence-corrected chi connectivity index (χ2v) is 7.09. The van der Waals surface area contributed by atoms with E-state index in [1.807, 2.05) is 0 Å². The Morgan fingerprint density at radius 3 is 2.48 bits per heavy atom. The van der Waals surface area contributed by atoms with Crippen LogP contribution in [0.1, 0.15) is 68.6 Å². The maximum atomic E-state index is 3.54. The second-order valence-electron chi connectivity index (χ2n) is 7.09. The summed E-state index contributed by atoms with van der Waals surface area (Å²) in [5.74, 6) is 0. The predicted molar refractivity (Wildman–Crippen MR) is 92.9 cm³/mol. The van der Waals surface area contributed by atoms with E-state index in [0.29, 0.717) is 5.41 Å². The van der Waals surface area contributed by atoms with Crippen molar-refractivity contribution in [3.05, 3.63) is 34.9 Å². The highest BCUT2D eigenvalue weighted by Gasteiger charge is 2.31. The van der Waals surface area contributed by atoms with Gasteiger partial charge in [0.2, 0.25) is 0 Å². The zero-order chi connectivity index (χ0) is 15.1. The summed E-state index contributed by atoms with van der Waals surface area (Å²) in [6.45, 7) is 8.98. The molecule has 21 heavy (non-hydrogen) atoms. The molecule has 0 unspecified atom stereocenters. The molecule has 1 saturated carbocycles. The molecule has 1 fully saturated rings. The summed E-state index contributed by atoms with van der Waals surface area (Å²) in [7, 11) is 0. The molecule has 0 saturated heterocycles. The van der Waals surface area contributed by atoms with Gasteiger partial charge in [-0.15, -0.1) is 0 Å². The Hall–Kier alpha value is -0.820. The van der Waals surface area contributed by atoms with E-state index in [0.717, 1.165) is 6.54 Å². The third kappa shape index (κ3) is 4.85. The molecule has 0 amide bonds. The van der Waals surface area contributed by atoms with Gasteiger partial charge in [0.15, 0.2) is 0 Å². The number of hydrogen-bond donors (Lipinski definition) is 1. The smallest absolute Gasteiger partial charge is 0.00437 e. The lowest BCUT2D eigenvalue weighted by Gasteiger charge is -2.38. The Morgan fingerprint density at radius 2 is 1.81 bits per heavy atom. The summed E-state index contributed by atoms with van der Waals surface area (Å²) in [5, 5.41) is 3.54. The maximum Gasteiger partial charge on any atom is -0.00437 e. The molecule has 118 valence electrons. The van der Waals surface area contributed by atoms with E-state index in [1.54, 1.807) is 5.56 Å². The minimum Gasteiger partial charge on any atom is -0.317 e. The summed E-state index contributed by atoms with van der Waals surface area (Å²) < 4.78 is 0. The van der Waals surface area contributed by atoms with Crippen molar-refractivity contribution < 1.29 is 0 Å². The van der Waals surface area contributed by atoms with Gasteiger partial charge in [-0.25, -0.2) is 0 Å². The average Bonchev–Trinajstić information content (AvgIpc) is 2.48. The van der Waals surface area contributed by atoms with Gasteiger partial charge in [-0.2, -0.15) is 0 Å². The Labute approximate surface area is 131 Å². The molecular weight excluding hydrogens is 254 g/mol. The van der Waals surface area contributed by atoms with Gasteiger partial charge in [-0.1, -0.05) is 49.9 Å². The van der Waals surface area contributed by atoms with Crippen LogP contribution < -0.4 is 5.32 Å². The summed E-state index contributed by atoms with van der Waals surface area (Å²) >= 11 is 0. The summed E-state index contributed by atoms with van der Waals surface area (Å²) in [4.78, 5) is 0. The molecule has 0 heterocycles. The van der Waals surface area contributed by atoms with Crippen LogP contribution in [0.5, 0.6) is 0 Å². The zero-order valence-electron chi connectivity index (χ0n) is 14.3. The van der Waals surface area contributed by atoms with Crippen molar-refractivity contribution in [2.45, 2.75) is 72.1 Å². The van der Waals surface area contributed by atoms with Crippen LogP contribution in [0, 0.1) is 19.3 Å². The predicted octanol–water partition coefficient (Wildman–Crippen LogP) is 5.19. The quantitative estimate of drug-likeness (QED) is 0.681. The van der Waals surface area contributed by atoms with Gasteiger partial charge in [0, 0.05) is 0 Å². The number of aryl methyl sites for hydroxylation is 3. The SMILES string of the molecule is CCNCCC1(CCc2ccc(C)cc2C)CCCCC1. The molecule has 1 aromatic rings. The van der Waals surface area contributed by atoms with E-state index in [2.05, 4.69) is 44.3 Å². The normalized spacial score (nSPS) is 17.9. The number of nitrogens with one attached hydrogen (secondary N) is 1. The van der Waals surface area contributed by atoms with Gasteiger partial charge in [0.05, 0.1) is 0 Å². The topological polar surface area (TPSA) is 12.0 Å². The Balaban J connectivity index is 1.97. The van der Waals surface area contributed by atoms with Gasteiger partial charge in [0.25, 0.3) is 0 Å². The second kappa shape index (κ2) is 7.98. The van der Waals surface area contributed by atoms with Crippen LogP contribution >= 0.6 is 0 Å². The molecule has 0 atom stereocenters. The van der Waals surface area contributed by atoms with E-state index >= 15 is 0 Å². The van der Waals surface area contributed by atoms with E-state index in [9.17, 15) is 0 Å². The van der Waals surface area contributed by atoms with Crippen LogP contribution in [-0.2, 0) is 6.42 Å². The molecule has 1 nitrogen and oxygen atoms in total. The number of hydrogen-bond acceptors (Lipinski definition) is 1. The highest BCUT2D eigenvalue weighted by atomic mass is 14.8. The first-order valence-electron chi connectivity index (χ1n) is 8.92. The molecule has 0 aromatic heterocycles. The Morgan fingerprint density at radius 1 is 1.05 bits per heavy atom. The zero-order valence-corrected chi connectivity index (χ0v) is 14.3. The van der Waals surface area contributed by atoms with Crippen LogP contribution in [0.25, 0.3) is 0 Å². The number of benzene rings is 1. The van der Waals surface area contributed by atoms with Crippen LogP contribution in [0.4, 0.5) is 0 Å². The minimum absolute atomic E-state index is 0.609. The van der Waals surface area contributed by atoms with Crippen molar-refractivity contribution in [1.29, 1.82) is 0 Å². The molecule has 0 bridgehead atoms. The van der Waals surface area contributed by atoms with E-state index in [1.165, 1.54) is 69.0 Å². The minimum atomic E-state index is 0.609. The van der Waals surface area contributed by atoms with Crippen LogP contribution in [0.15, 0.2) is 18.2 Å². The monoisotopic (exact) mass is 287 g/mol. The third-order valence-corrected chi connectivity index (χ3v) is 5.42. The lowest BCUT2D eigenvalue weighted by molar-refractivity contribution is 0.157. The van der Waals surface area contributed by atoms with E-state index in [-0.39, 0.29) is 0 Å². The number of rotatable bonds is 7. The van der Waals surface area contributed by atoms with Gasteiger partial charge in [-0.3, -0.25) is 0 Å². The molecule has 0 radical (unpaired) electrons. The van der Waals surface area contributed by atoms with Crippen LogP contribution in [-0.4, -0.2) is 13.1 Å². The first-order valence-corrected chi connectivity index (χ1v) is 8.92. The van der Waals surface area contributed by atoms with E-state index < -0.39 is 0 Å². The Kier molecular flexibility index (Phi) is 6.29. The lowest BCUT2D eigenvalue weighted by Crippen LogP contribution is -2.30. The maximum absolute atomic E-state index is 3.54. The molecule has 0 aliphatic heterocycles. The van der Waals surface area contributed by atoms with Crippen LogP contribution in [0.2, 0.25) is 0 Å². The van der Waals surface area contributed by atoms with Crippen molar-refractivity contribution in [3.8, 4) is 0 Å². The summed E-state index contributed by atoms with van der Waals surface area (Å²) in [5.41, 5.74) is 5.04. The fourth-order valence-electron chi connectivity index (χ4n) is 3.98. The fourth-order valence-corrected chi connectivity index (χ4v) is 3.98. The fraction of sp³-hybridized carbons (Fsp3) is 0.700. The lowest BCUT2D eigenvalue weighted by atomic mass is 9.68. The summed E-state index contributed by atoms with van der Waals surface area (Å²) in [6, 6.07) is 6.96. The van der Waals surface area contributed by atoms with Gasteiger partial charge >= 0.3 is 0 Å². The van der Waals surface area contributed by atoms with Crippen molar-refractivity contribution in [1.82, 2.24) is 5.32 Å². The molecule has 1 heteroatoms. The van der Waals surface area contributed by atoms with E-state index in [4.69, 9.17) is 0 Å². The molecule has 0 spiro atoms. The van der Waals surface area contributed by atoms with Gasteiger partial charge < -0.3 is 5.32 Å². The first-order chi connectivity index (χ1) is 10.2. The van der Waals surface area contributed by atoms with Crippen LogP contribution in [0.3, 0.4) is 0 Å². The third-order valence-electron chi connectivity index (χ3n) is 5.42. The van der Waals surface area contributed by atoms with Gasteiger partial charge in [0.1, 0.15) is 0 Å². The Bertz CT molecular complexity index is 429. The largest absolute Gasteiger partial charge is 0.317 e. The van der Waals surface area contributed by atoms with Gasteiger partial charge in [-0.05, 0) is 75.6 Å². The average molecular weight is 287 g/mol. The highest BCUT2D eigenvalue weighted by molar-refractivity contribution is 5.30. The van der Waals surface area contributed by atoms with Crippen molar-refractivity contribution in [2.75, 3.05) is 13.1 Å². The molecule has 1 N–H and O–H groups in total. The first kappa shape index (κ1) is 16.5. The molecule has 2 rings (SSSR count). The standard InChI is InChI=1S/C20H33N/c1-4-21-15-14-20(11-6-5-7-12-20)13-10-19-9-8-17(2)16-18(19)3/h8-9,16,21H,4-7,10-15H2,1-3H3. The van der Waals surface area contributed by atoms with Crippen molar-refractivity contribution >= 4 is 0 Å². The molecule has 1 aliphatic carbocycles. The molecular formula is C20H33N. The van der Waals surface area contributed by atoms with Crippen molar-refractivity contribution in [3.63, 3.8) is 0 Å². The molecule has 1 aliphatic rings. The summed E-state index contributed by atoms with van der Waals surface area (Å²) in [6.07, 6.45) is 11.2. The highest BCUT2D eigenvalue weighted by Crippen LogP contribution is 2.43.